The molecule has 8 nitrogen and oxygen atoms in total. The third-order valence-corrected chi connectivity index (χ3v) is 3.08. The summed E-state index contributed by atoms with van der Waals surface area (Å²) in [6.07, 6.45) is 1.93. The first-order valence-corrected chi connectivity index (χ1v) is 7.72. The second-order valence-electron chi connectivity index (χ2n) is 4.77. The summed E-state index contributed by atoms with van der Waals surface area (Å²) < 4.78 is 12.3. The van der Waals surface area contributed by atoms with E-state index in [1.807, 2.05) is 35.7 Å². The third-order valence-electron chi connectivity index (χ3n) is 3.08. The molecule has 2 N–H and O–H groups in total. The molecular formula is C15H25IN6O2. The van der Waals surface area contributed by atoms with Gasteiger partial charge in [-0.3, -0.25) is 4.40 Å². The molecule has 0 fully saturated rings. The van der Waals surface area contributed by atoms with E-state index in [0.717, 1.165) is 24.0 Å². The maximum atomic E-state index is 5.41. The average molecular weight is 448 g/mol. The van der Waals surface area contributed by atoms with Crippen LogP contribution in [0.3, 0.4) is 0 Å². The van der Waals surface area contributed by atoms with Crippen LogP contribution in [0, 0.1) is 0 Å². The number of pyridine rings is 1. The van der Waals surface area contributed by atoms with Crippen LogP contribution in [-0.2, 0) is 16.0 Å². The van der Waals surface area contributed by atoms with Crippen molar-refractivity contribution < 1.29 is 9.47 Å². The maximum absolute atomic E-state index is 5.41. The summed E-state index contributed by atoms with van der Waals surface area (Å²) in [5.41, 5.74) is 0.821. The van der Waals surface area contributed by atoms with Gasteiger partial charge in [0.25, 0.3) is 0 Å². The van der Waals surface area contributed by atoms with E-state index in [4.69, 9.17) is 9.47 Å². The minimum absolute atomic E-state index is 0. The number of ether oxygens (including phenoxy) is 2. The van der Waals surface area contributed by atoms with Crippen molar-refractivity contribution in [1.82, 2.24) is 25.2 Å². The summed E-state index contributed by atoms with van der Waals surface area (Å²) in [5, 5.41) is 14.7. The van der Waals surface area contributed by atoms with Gasteiger partial charge in [0, 0.05) is 26.4 Å². The highest BCUT2D eigenvalue weighted by Crippen LogP contribution is 2.03. The molecule has 0 amide bonds. The van der Waals surface area contributed by atoms with Crippen LogP contribution in [0.4, 0.5) is 0 Å². The van der Waals surface area contributed by atoms with Gasteiger partial charge in [0.15, 0.2) is 17.4 Å². The Balaban J connectivity index is 0.00000288. The van der Waals surface area contributed by atoms with E-state index in [9.17, 15) is 0 Å². The fraction of sp³-hybridized carbons (Fsp3) is 0.533. The van der Waals surface area contributed by atoms with E-state index >= 15 is 0 Å². The summed E-state index contributed by atoms with van der Waals surface area (Å²) in [6.45, 7) is 5.74. The molecule has 0 bridgehead atoms. The van der Waals surface area contributed by atoms with E-state index in [-0.39, 0.29) is 24.0 Å². The lowest BCUT2D eigenvalue weighted by molar-refractivity contribution is 0.0733. The SMILES string of the molecule is CCNC(=NCc1nnc2ccccn12)NCCOCCOC.I. The molecule has 2 rings (SSSR count). The lowest BCUT2D eigenvalue weighted by Crippen LogP contribution is -2.39. The minimum Gasteiger partial charge on any atom is -0.382 e. The van der Waals surface area contributed by atoms with Crippen molar-refractivity contribution in [3.63, 3.8) is 0 Å². The minimum atomic E-state index is 0. The van der Waals surface area contributed by atoms with Gasteiger partial charge < -0.3 is 20.1 Å². The molecule has 0 spiro atoms. The molecule has 2 aromatic rings. The predicted molar refractivity (Wildman–Crippen MR) is 104 cm³/mol. The Morgan fingerprint density at radius 1 is 1.21 bits per heavy atom. The molecule has 24 heavy (non-hydrogen) atoms. The second kappa shape index (κ2) is 12.0. The number of hydrogen-bond acceptors (Lipinski definition) is 5. The van der Waals surface area contributed by atoms with Crippen LogP contribution in [0.15, 0.2) is 29.4 Å². The van der Waals surface area contributed by atoms with Gasteiger partial charge >= 0.3 is 0 Å². The Bertz CT molecular complexity index is 619. The van der Waals surface area contributed by atoms with Gasteiger partial charge in [0.2, 0.25) is 0 Å². The van der Waals surface area contributed by atoms with Crippen molar-refractivity contribution in [3.8, 4) is 0 Å². The van der Waals surface area contributed by atoms with Crippen molar-refractivity contribution in [2.24, 2.45) is 4.99 Å². The number of nitrogens with one attached hydrogen (secondary N) is 2. The van der Waals surface area contributed by atoms with Crippen molar-refractivity contribution in [1.29, 1.82) is 0 Å². The zero-order valence-electron chi connectivity index (χ0n) is 14.1. The number of aromatic nitrogens is 3. The Morgan fingerprint density at radius 3 is 2.88 bits per heavy atom. The first-order chi connectivity index (χ1) is 11.3. The summed E-state index contributed by atoms with van der Waals surface area (Å²) >= 11 is 0. The van der Waals surface area contributed by atoms with Gasteiger partial charge in [0.05, 0.1) is 19.8 Å². The van der Waals surface area contributed by atoms with Crippen LogP contribution in [-0.4, -0.2) is 60.6 Å². The number of rotatable bonds is 9. The van der Waals surface area contributed by atoms with Gasteiger partial charge in [-0.05, 0) is 19.1 Å². The Kier molecular flexibility index (Phi) is 10.3. The van der Waals surface area contributed by atoms with Gasteiger partial charge in [-0.2, -0.15) is 0 Å². The normalized spacial score (nSPS) is 11.3. The van der Waals surface area contributed by atoms with E-state index < -0.39 is 0 Å². The van der Waals surface area contributed by atoms with Crippen LogP contribution in [0.1, 0.15) is 12.7 Å². The highest BCUT2D eigenvalue weighted by Gasteiger charge is 2.04. The van der Waals surface area contributed by atoms with Crippen molar-refractivity contribution >= 4 is 35.6 Å². The number of fused-ring (bicyclic) bond motifs is 1. The Labute approximate surface area is 159 Å². The Morgan fingerprint density at radius 2 is 2.08 bits per heavy atom. The topological polar surface area (TPSA) is 85.1 Å². The summed E-state index contributed by atoms with van der Waals surface area (Å²) in [6, 6.07) is 5.80. The quantitative estimate of drug-likeness (QED) is 0.259. The van der Waals surface area contributed by atoms with Crippen molar-refractivity contribution in [2.45, 2.75) is 13.5 Å². The number of nitrogens with zero attached hydrogens (tertiary/aromatic N) is 4. The molecule has 0 saturated heterocycles. The number of guanidine groups is 1. The third kappa shape index (κ3) is 6.57. The van der Waals surface area contributed by atoms with Crippen LogP contribution in [0.25, 0.3) is 5.65 Å². The monoisotopic (exact) mass is 448 g/mol. The van der Waals surface area contributed by atoms with E-state index in [0.29, 0.717) is 32.9 Å². The molecule has 0 aliphatic carbocycles. The fourth-order valence-corrected chi connectivity index (χ4v) is 1.98. The molecule has 9 heteroatoms. The predicted octanol–water partition coefficient (Wildman–Crippen LogP) is 1.07. The molecule has 0 atom stereocenters. The smallest absolute Gasteiger partial charge is 0.191 e. The average Bonchev–Trinajstić information content (AvgIpc) is 2.99. The Hall–Kier alpha value is -1.46. The summed E-state index contributed by atoms with van der Waals surface area (Å²) in [5.74, 6) is 1.53. The largest absolute Gasteiger partial charge is 0.382 e. The van der Waals surface area contributed by atoms with Crippen LogP contribution in [0.2, 0.25) is 0 Å². The first-order valence-electron chi connectivity index (χ1n) is 7.72. The van der Waals surface area contributed by atoms with E-state index in [2.05, 4.69) is 25.8 Å². The molecule has 0 saturated carbocycles. The fourth-order valence-electron chi connectivity index (χ4n) is 1.98. The van der Waals surface area contributed by atoms with E-state index in [1.54, 1.807) is 7.11 Å². The zero-order chi connectivity index (χ0) is 16.3. The summed E-state index contributed by atoms with van der Waals surface area (Å²) in [7, 11) is 1.66. The van der Waals surface area contributed by atoms with Gasteiger partial charge in [-0.1, -0.05) is 6.07 Å². The maximum Gasteiger partial charge on any atom is 0.191 e. The molecule has 0 aromatic carbocycles. The van der Waals surface area contributed by atoms with Gasteiger partial charge in [-0.15, -0.1) is 34.2 Å². The molecule has 0 unspecified atom stereocenters. The molecule has 2 heterocycles. The highest BCUT2D eigenvalue weighted by molar-refractivity contribution is 14.0. The molecule has 2 aromatic heterocycles. The molecule has 134 valence electrons. The zero-order valence-corrected chi connectivity index (χ0v) is 16.4. The highest BCUT2D eigenvalue weighted by atomic mass is 127. The van der Waals surface area contributed by atoms with Crippen LogP contribution < -0.4 is 10.6 Å². The molecule has 0 aliphatic rings. The van der Waals surface area contributed by atoms with E-state index in [1.165, 1.54) is 0 Å². The lowest BCUT2D eigenvalue weighted by Gasteiger charge is -2.11. The summed E-state index contributed by atoms with van der Waals surface area (Å²) in [4.78, 5) is 4.53. The van der Waals surface area contributed by atoms with Crippen LogP contribution >= 0.6 is 24.0 Å². The van der Waals surface area contributed by atoms with Crippen molar-refractivity contribution in [2.75, 3.05) is 40.0 Å². The first kappa shape index (κ1) is 20.6. The molecule has 0 aliphatic heterocycles. The number of halogens is 1. The number of hydrogen-bond donors (Lipinski definition) is 2. The van der Waals surface area contributed by atoms with Gasteiger partial charge in [-0.25, -0.2) is 4.99 Å². The second-order valence-corrected chi connectivity index (χ2v) is 4.77. The van der Waals surface area contributed by atoms with Crippen molar-refractivity contribution in [3.05, 3.63) is 30.2 Å². The van der Waals surface area contributed by atoms with Crippen LogP contribution in [0.5, 0.6) is 0 Å². The number of aliphatic imine (C=N–C) groups is 1. The van der Waals surface area contributed by atoms with Gasteiger partial charge in [0.1, 0.15) is 6.54 Å². The lowest BCUT2D eigenvalue weighted by atomic mass is 10.4. The standard InChI is InChI=1S/C15H24N6O2.HI/c1-3-16-15(17-7-9-23-11-10-22-2)18-12-14-20-19-13-6-4-5-8-21(13)14;/h4-6,8H,3,7,9-12H2,1-2H3,(H2,16,17,18);1H. The molecule has 0 radical (unpaired) electrons. The number of methoxy groups -OCH3 is 1. The molecular weight excluding hydrogens is 423 g/mol.